The fourth-order valence-corrected chi connectivity index (χ4v) is 3.13. The number of ketones is 1. The highest BCUT2D eigenvalue weighted by atomic mass is 32.1. The zero-order chi connectivity index (χ0) is 17.1. The smallest absolute Gasteiger partial charge is 0.189 e. The van der Waals surface area contributed by atoms with Gasteiger partial charge in [0.15, 0.2) is 5.78 Å². The molecule has 0 aliphatic heterocycles. The van der Waals surface area contributed by atoms with Crippen LogP contribution in [-0.4, -0.2) is 15.6 Å². The molecule has 0 bridgehead atoms. The van der Waals surface area contributed by atoms with Crippen LogP contribution in [0.5, 0.6) is 0 Å². The first-order chi connectivity index (χ1) is 11.5. The van der Waals surface area contributed by atoms with Crippen LogP contribution in [0.4, 0.5) is 4.39 Å². The van der Waals surface area contributed by atoms with Crippen molar-refractivity contribution >= 4 is 23.2 Å². The SMILES string of the molecule is CC(C)n1cc(C(=O)/C=C/c2ccc(-c3ccc(F)cc3)s2)cn1. The molecule has 0 saturated carbocycles. The Labute approximate surface area is 144 Å². The summed E-state index contributed by atoms with van der Waals surface area (Å²) in [5.41, 5.74) is 1.54. The predicted molar refractivity (Wildman–Crippen MR) is 95.7 cm³/mol. The van der Waals surface area contributed by atoms with Crippen LogP contribution in [0.25, 0.3) is 16.5 Å². The summed E-state index contributed by atoms with van der Waals surface area (Å²) < 4.78 is 14.7. The second-order valence-electron chi connectivity index (χ2n) is 5.71. The van der Waals surface area contributed by atoms with Gasteiger partial charge in [0.1, 0.15) is 5.82 Å². The number of rotatable bonds is 5. The summed E-state index contributed by atoms with van der Waals surface area (Å²) in [4.78, 5) is 14.2. The van der Waals surface area contributed by atoms with Crippen molar-refractivity contribution < 1.29 is 9.18 Å². The van der Waals surface area contributed by atoms with Crippen molar-refractivity contribution in [2.75, 3.05) is 0 Å². The van der Waals surface area contributed by atoms with Gasteiger partial charge in [-0.2, -0.15) is 5.10 Å². The number of carbonyl (C=O) groups is 1. The lowest BCUT2D eigenvalue weighted by molar-refractivity contribution is 0.104. The summed E-state index contributed by atoms with van der Waals surface area (Å²) in [6.45, 7) is 4.03. The Balaban J connectivity index is 1.72. The molecule has 0 atom stereocenters. The third kappa shape index (κ3) is 3.68. The van der Waals surface area contributed by atoms with Gasteiger partial charge in [-0.15, -0.1) is 11.3 Å². The standard InChI is InChI=1S/C19H17FN2OS/c1-13(2)22-12-15(11-21-22)18(23)9-7-17-8-10-19(24-17)14-3-5-16(20)6-4-14/h3-13H,1-2H3/b9-7+. The first kappa shape index (κ1) is 16.3. The minimum Gasteiger partial charge on any atom is -0.289 e. The van der Waals surface area contributed by atoms with Gasteiger partial charge >= 0.3 is 0 Å². The first-order valence-corrected chi connectivity index (χ1v) is 8.47. The van der Waals surface area contributed by atoms with Gasteiger partial charge in [-0.1, -0.05) is 12.1 Å². The maximum atomic E-state index is 13.0. The van der Waals surface area contributed by atoms with E-state index in [1.54, 1.807) is 52.7 Å². The molecule has 0 amide bonds. The summed E-state index contributed by atoms with van der Waals surface area (Å²) in [6.07, 6.45) is 6.70. The second-order valence-corrected chi connectivity index (χ2v) is 6.82. The molecule has 2 heterocycles. The van der Waals surface area contributed by atoms with E-state index in [-0.39, 0.29) is 17.6 Å². The number of allylic oxidation sites excluding steroid dienone is 1. The van der Waals surface area contributed by atoms with E-state index >= 15 is 0 Å². The summed E-state index contributed by atoms with van der Waals surface area (Å²) >= 11 is 1.56. The quantitative estimate of drug-likeness (QED) is 0.471. The number of carbonyl (C=O) groups excluding carboxylic acids is 1. The predicted octanol–water partition coefficient (Wildman–Crippen LogP) is 5.23. The number of aromatic nitrogens is 2. The monoisotopic (exact) mass is 340 g/mol. The molecule has 0 aliphatic rings. The molecule has 1 aromatic carbocycles. The number of nitrogens with zero attached hydrogens (tertiary/aromatic N) is 2. The topological polar surface area (TPSA) is 34.9 Å². The van der Waals surface area contributed by atoms with Crippen LogP contribution in [0.15, 0.2) is 54.9 Å². The first-order valence-electron chi connectivity index (χ1n) is 7.65. The van der Waals surface area contributed by atoms with Crippen molar-refractivity contribution in [1.82, 2.24) is 9.78 Å². The lowest BCUT2D eigenvalue weighted by atomic mass is 10.2. The summed E-state index contributed by atoms with van der Waals surface area (Å²) in [5.74, 6) is -0.318. The van der Waals surface area contributed by atoms with Crippen molar-refractivity contribution in [3.8, 4) is 10.4 Å². The number of hydrogen-bond donors (Lipinski definition) is 0. The minimum absolute atomic E-state index is 0.0707. The molecular weight excluding hydrogens is 323 g/mol. The molecular formula is C19H17FN2OS. The lowest BCUT2D eigenvalue weighted by Crippen LogP contribution is -2.00. The fourth-order valence-electron chi connectivity index (χ4n) is 2.21. The van der Waals surface area contributed by atoms with E-state index < -0.39 is 0 Å². The normalized spacial score (nSPS) is 11.5. The largest absolute Gasteiger partial charge is 0.289 e. The Bertz CT molecular complexity index is 875. The molecule has 0 radical (unpaired) electrons. The van der Waals surface area contributed by atoms with E-state index in [1.807, 2.05) is 26.0 Å². The van der Waals surface area contributed by atoms with Crippen molar-refractivity contribution in [3.05, 3.63) is 71.1 Å². The van der Waals surface area contributed by atoms with Crippen LogP contribution >= 0.6 is 11.3 Å². The highest BCUT2D eigenvalue weighted by Crippen LogP contribution is 2.29. The van der Waals surface area contributed by atoms with Gasteiger partial charge in [-0.25, -0.2) is 4.39 Å². The zero-order valence-corrected chi connectivity index (χ0v) is 14.3. The fraction of sp³-hybridized carbons (Fsp3) is 0.158. The van der Waals surface area contributed by atoms with E-state index in [9.17, 15) is 9.18 Å². The Morgan fingerprint density at radius 2 is 1.96 bits per heavy atom. The molecule has 5 heteroatoms. The lowest BCUT2D eigenvalue weighted by Gasteiger charge is -2.02. The molecule has 0 unspecified atom stereocenters. The molecule has 24 heavy (non-hydrogen) atoms. The second kappa shape index (κ2) is 6.93. The maximum absolute atomic E-state index is 13.0. The number of benzene rings is 1. The zero-order valence-electron chi connectivity index (χ0n) is 13.4. The van der Waals surface area contributed by atoms with Crippen LogP contribution < -0.4 is 0 Å². The molecule has 0 aliphatic carbocycles. The van der Waals surface area contributed by atoms with Crippen LogP contribution in [0.1, 0.15) is 35.1 Å². The summed E-state index contributed by atoms with van der Waals surface area (Å²) in [7, 11) is 0. The Morgan fingerprint density at radius 1 is 1.21 bits per heavy atom. The van der Waals surface area contributed by atoms with Gasteiger partial charge in [0.05, 0.1) is 11.8 Å². The van der Waals surface area contributed by atoms with Crippen LogP contribution in [0, 0.1) is 5.82 Å². The number of halogens is 1. The third-order valence-corrected chi connectivity index (χ3v) is 4.67. The molecule has 2 aromatic heterocycles. The maximum Gasteiger partial charge on any atom is 0.189 e. The highest BCUT2D eigenvalue weighted by Gasteiger charge is 2.07. The van der Waals surface area contributed by atoms with Crippen molar-refractivity contribution in [2.45, 2.75) is 19.9 Å². The van der Waals surface area contributed by atoms with Crippen molar-refractivity contribution in [1.29, 1.82) is 0 Å². The molecule has 0 N–H and O–H groups in total. The Hall–Kier alpha value is -2.53. The van der Waals surface area contributed by atoms with E-state index in [1.165, 1.54) is 12.1 Å². The van der Waals surface area contributed by atoms with Crippen LogP contribution in [-0.2, 0) is 0 Å². The molecule has 0 fully saturated rings. The Kier molecular flexibility index (Phi) is 4.71. The van der Waals surface area contributed by atoms with Crippen molar-refractivity contribution in [2.24, 2.45) is 0 Å². The molecule has 3 nitrogen and oxygen atoms in total. The van der Waals surface area contributed by atoms with E-state index in [0.29, 0.717) is 5.56 Å². The number of hydrogen-bond acceptors (Lipinski definition) is 3. The summed E-state index contributed by atoms with van der Waals surface area (Å²) in [6, 6.07) is 10.5. The van der Waals surface area contributed by atoms with E-state index in [4.69, 9.17) is 0 Å². The molecule has 0 saturated heterocycles. The van der Waals surface area contributed by atoms with Gasteiger partial charge in [-0.3, -0.25) is 9.48 Å². The van der Waals surface area contributed by atoms with Gasteiger partial charge in [0, 0.05) is 22.0 Å². The highest BCUT2D eigenvalue weighted by molar-refractivity contribution is 7.16. The Morgan fingerprint density at radius 3 is 2.62 bits per heavy atom. The third-order valence-electron chi connectivity index (χ3n) is 3.57. The van der Waals surface area contributed by atoms with E-state index in [0.717, 1.165) is 15.3 Å². The van der Waals surface area contributed by atoms with E-state index in [2.05, 4.69) is 5.10 Å². The molecule has 122 valence electrons. The summed E-state index contributed by atoms with van der Waals surface area (Å²) in [5, 5.41) is 4.18. The average molecular weight is 340 g/mol. The van der Waals surface area contributed by atoms with Gasteiger partial charge < -0.3 is 0 Å². The van der Waals surface area contributed by atoms with Gasteiger partial charge in [-0.05, 0) is 55.8 Å². The van der Waals surface area contributed by atoms with Gasteiger partial charge in [0.25, 0.3) is 0 Å². The molecule has 3 rings (SSSR count). The molecule has 3 aromatic rings. The minimum atomic E-state index is -0.247. The number of thiophene rings is 1. The van der Waals surface area contributed by atoms with Crippen LogP contribution in [0.3, 0.4) is 0 Å². The average Bonchev–Trinajstić information content (AvgIpc) is 3.23. The van der Waals surface area contributed by atoms with Crippen molar-refractivity contribution in [3.63, 3.8) is 0 Å². The van der Waals surface area contributed by atoms with Gasteiger partial charge in [0.2, 0.25) is 0 Å². The van der Waals surface area contributed by atoms with Crippen LogP contribution in [0.2, 0.25) is 0 Å². The molecule has 0 spiro atoms.